The SMILES string of the molecule is O=C(NCCCNc1n[nH]c(=O)c2ccccc12)c1cccs1. The first kappa shape index (κ1) is 15.2. The number of amides is 1. The highest BCUT2D eigenvalue weighted by Crippen LogP contribution is 2.16. The van der Waals surface area contributed by atoms with E-state index < -0.39 is 0 Å². The van der Waals surface area contributed by atoms with Crippen molar-refractivity contribution in [3.63, 3.8) is 0 Å². The molecule has 23 heavy (non-hydrogen) atoms. The van der Waals surface area contributed by atoms with Gasteiger partial charge in [-0.1, -0.05) is 24.3 Å². The van der Waals surface area contributed by atoms with Gasteiger partial charge in [-0.15, -0.1) is 11.3 Å². The maximum atomic E-state index is 11.8. The van der Waals surface area contributed by atoms with Crippen LogP contribution < -0.4 is 16.2 Å². The highest BCUT2D eigenvalue weighted by molar-refractivity contribution is 7.12. The topological polar surface area (TPSA) is 86.9 Å². The first-order valence-electron chi connectivity index (χ1n) is 7.29. The molecule has 0 aliphatic heterocycles. The van der Waals surface area contributed by atoms with Crippen LogP contribution in [-0.2, 0) is 0 Å². The minimum atomic E-state index is -0.200. The predicted molar refractivity (Wildman–Crippen MR) is 92.1 cm³/mol. The van der Waals surface area contributed by atoms with E-state index in [1.54, 1.807) is 12.1 Å². The predicted octanol–water partition coefficient (Wildman–Crippen LogP) is 2.22. The van der Waals surface area contributed by atoms with Gasteiger partial charge in [-0.3, -0.25) is 9.59 Å². The normalized spacial score (nSPS) is 10.6. The molecule has 0 unspecified atom stereocenters. The van der Waals surface area contributed by atoms with Crippen LogP contribution in [0.3, 0.4) is 0 Å². The van der Waals surface area contributed by atoms with Crippen molar-refractivity contribution in [2.24, 2.45) is 0 Å². The van der Waals surface area contributed by atoms with E-state index >= 15 is 0 Å². The van der Waals surface area contributed by atoms with E-state index in [4.69, 9.17) is 0 Å². The summed E-state index contributed by atoms with van der Waals surface area (Å²) < 4.78 is 0. The molecule has 1 aromatic carbocycles. The molecule has 0 fully saturated rings. The average molecular weight is 328 g/mol. The van der Waals surface area contributed by atoms with Crippen molar-refractivity contribution < 1.29 is 4.79 Å². The third kappa shape index (κ3) is 3.57. The van der Waals surface area contributed by atoms with Gasteiger partial charge in [0.2, 0.25) is 0 Å². The van der Waals surface area contributed by atoms with E-state index in [2.05, 4.69) is 20.8 Å². The number of carbonyl (C=O) groups is 1. The van der Waals surface area contributed by atoms with E-state index in [1.165, 1.54) is 11.3 Å². The van der Waals surface area contributed by atoms with E-state index in [0.29, 0.717) is 29.2 Å². The van der Waals surface area contributed by atoms with Gasteiger partial charge in [0.25, 0.3) is 11.5 Å². The van der Waals surface area contributed by atoms with Crippen LogP contribution in [0.4, 0.5) is 5.82 Å². The van der Waals surface area contributed by atoms with Gasteiger partial charge >= 0.3 is 0 Å². The molecule has 0 aliphatic rings. The number of anilines is 1. The number of thiophene rings is 1. The summed E-state index contributed by atoms with van der Waals surface area (Å²) in [5, 5.41) is 15.9. The lowest BCUT2D eigenvalue weighted by Crippen LogP contribution is -2.25. The number of benzene rings is 1. The fourth-order valence-corrected chi connectivity index (χ4v) is 2.88. The molecule has 0 atom stereocenters. The summed E-state index contributed by atoms with van der Waals surface area (Å²) in [6.07, 6.45) is 0.756. The molecule has 3 rings (SSSR count). The van der Waals surface area contributed by atoms with Gasteiger partial charge in [0.1, 0.15) is 0 Å². The number of H-pyrrole nitrogens is 1. The number of fused-ring (bicyclic) bond motifs is 1. The number of hydrogen-bond acceptors (Lipinski definition) is 5. The van der Waals surface area contributed by atoms with Gasteiger partial charge in [0.15, 0.2) is 5.82 Å². The Morgan fingerprint density at radius 1 is 1.13 bits per heavy atom. The minimum Gasteiger partial charge on any atom is -0.368 e. The lowest BCUT2D eigenvalue weighted by atomic mass is 10.2. The van der Waals surface area contributed by atoms with Crippen LogP contribution in [0.1, 0.15) is 16.1 Å². The Morgan fingerprint density at radius 3 is 2.74 bits per heavy atom. The zero-order valence-electron chi connectivity index (χ0n) is 12.3. The van der Waals surface area contributed by atoms with Crippen LogP contribution in [-0.4, -0.2) is 29.2 Å². The molecule has 0 saturated heterocycles. The summed E-state index contributed by atoms with van der Waals surface area (Å²) in [6, 6.07) is 11.0. The van der Waals surface area contributed by atoms with E-state index in [1.807, 2.05) is 29.6 Å². The first-order valence-corrected chi connectivity index (χ1v) is 8.16. The summed E-state index contributed by atoms with van der Waals surface area (Å²) >= 11 is 1.42. The van der Waals surface area contributed by atoms with Crippen molar-refractivity contribution in [3.05, 3.63) is 57.0 Å². The highest BCUT2D eigenvalue weighted by atomic mass is 32.1. The van der Waals surface area contributed by atoms with Gasteiger partial charge < -0.3 is 10.6 Å². The highest BCUT2D eigenvalue weighted by Gasteiger charge is 2.06. The second-order valence-electron chi connectivity index (χ2n) is 4.96. The Labute approximate surface area is 136 Å². The number of nitrogens with one attached hydrogen (secondary N) is 3. The van der Waals surface area contributed by atoms with Crippen LogP contribution >= 0.6 is 11.3 Å². The molecular weight excluding hydrogens is 312 g/mol. The maximum absolute atomic E-state index is 11.8. The second-order valence-corrected chi connectivity index (χ2v) is 5.91. The number of carbonyl (C=O) groups excluding carboxylic acids is 1. The molecule has 6 nitrogen and oxygen atoms in total. The second kappa shape index (κ2) is 7.06. The third-order valence-electron chi connectivity index (χ3n) is 3.37. The van der Waals surface area contributed by atoms with Crippen LogP contribution in [0.5, 0.6) is 0 Å². The molecule has 7 heteroatoms. The zero-order chi connectivity index (χ0) is 16.1. The van der Waals surface area contributed by atoms with Gasteiger partial charge in [-0.05, 0) is 23.9 Å². The number of aromatic amines is 1. The van der Waals surface area contributed by atoms with Crippen LogP contribution in [0.25, 0.3) is 10.8 Å². The molecule has 3 aromatic rings. The van der Waals surface area contributed by atoms with Crippen LogP contribution in [0, 0.1) is 0 Å². The van der Waals surface area contributed by atoms with Gasteiger partial charge in [0.05, 0.1) is 10.3 Å². The third-order valence-corrected chi connectivity index (χ3v) is 4.24. The Balaban J connectivity index is 1.53. The van der Waals surface area contributed by atoms with Crippen molar-refractivity contribution in [3.8, 4) is 0 Å². The fourth-order valence-electron chi connectivity index (χ4n) is 2.24. The molecule has 0 aliphatic carbocycles. The van der Waals surface area contributed by atoms with Crippen molar-refractivity contribution in [2.45, 2.75) is 6.42 Å². The molecular formula is C16H16N4O2S. The van der Waals surface area contributed by atoms with Crippen molar-refractivity contribution >= 4 is 33.8 Å². The van der Waals surface area contributed by atoms with Crippen molar-refractivity contribution in [2.75, 3.05) is 18.4 Å². The maximum Gasteiger partial charge on any atom is 0.272 e. The molecule has 2 aromatic heterocycles. The molecule has 3 N–H and O–H groups in total. The molecule has 0 spiro atoms. The Kier molecular flexibility index (Phi) is 4.68. The van der Waals surface area contributed by atoms with Crippen molar-refractivity contribution in [1.29, 1.82) is 0 Å². The number of rotatable bonds is 6. The van der Waals surface area contributed by atoms with Crippen molar-refractivity contribution in [1.82, 2.24) is 15.5 Å². The summed E-state index contributed by atoms with van der Waals surface area (Å²) in [4.78, 5) is 24.2. The summed E-state index contributed by atoms with van der Waals surface area (Å²) in [6.45, 7) is 1.22. The molecule has 2 heterocycles. The zero-order valence-corrected chi connectivity index (χ0v) is 13.2. The molecule has 0 saturated carbocycles. The van der Waals surface area contributed by atoms with E-state index in [9.17, 15) is 9.59 Å². The summed E-state index contributed by atoms with van der Waals surface area (Å²) in [7, 11) is 0. The lowest BCUT2D eigenvalue weighted by molar-refractivity contribution is 0.0957. The monoisotopic (exact) mass is 328 g/mol. The Morgan fingerprint density at radius 2 is 1.96 bits per heavy atom. The number of aromatic nitrogens is 2. The fraction of sp³-hybridized carbons (Fsp3) is 0.188. The van der Waals surface area contributed by atoms with Gasteiger partial charge in [-0.2, -0.15) is 5.10 Å². The van der Waals surface area contributed by atoms with E-state index in [-0.39, 0.29) is 11.5 Å². The molecule has 1 amide bonds. The summed E-state index contributed by atoms with van der Waals surface area (Å²) in [5.41, 5.74) is -0.200. The average Bonchev–Trinajstić information content (AvgIpc) is 3.11. The standard InChI is InChI=1S/C16H16N4O2S/c21-15-12-6-2-1-5-11(12)14(19-20-15)17-8-4-9-18-16(22)13-7-3-10-23-13/h1-3,5-7,10H,4,8-9H2,(H,17,19)(H,18,22)(H,20,21). The number of nitrogens with zero attached hydrogens (tertiary/aromatic N) is 1. The molecule has 0 radical (unpaired) electrons. The first-order chi connectivity index (χ1) is 11.3. The minimum absolute atomic E-state index is 0.0485. The summed E-state index contributed by atoms with van der Waals surface area (Å²) in [5.74, 6) is 0.595. The molecule has 0 bridgehead atoms. The lowest BCUT2D eigenvalue weighted by Gasteiger charge is -2.08. The molecule has 118 valence electrons. The Bertz CT molecular complexity index is 858. The smallest absolute Gasteiger partial charge is 0.272 e. The van der Waals surface area contributed by atoms with Crippen LogP contribution in [0.2, 0.25) is 0 Å². The van der Waals surface area contributed by atoms with Crippen LogP contribution in [0.15, 0.2) is 46.6 Å². The largest absolute Gasteiger partial charge is 0.368 e. The number of hydrogen-bond donors (Lipinski definition) is 3. The van der Waals surface area contributed by atoms with Gasteiger partial charge in [0, 0.05) is 18.5 Å². The van der Waals surface area contributed by atoms with E-state index in [0.717, 1.165) is 11.8 Å². The quantitative estimate of drug-likeness (QED) is 0.606. The van der Waals surface area contributed by atoms with Gasteiger partial charge in [-0.25, -0.2) is 5.10 Å². The Hall–Kier alpha value is -2.67.